The Hall–Kier alpha value is -2.83. The average molecular weight is 289 g/mol. The minimum absolute atomic E-state index is 0.331. The molecule has 0 unspecified atom stereocenters. The summed E-state index contributed by atoms with van der Waals surface area (Å²) in [6, 6.07) is 7.81. The maximum atomic E-state index is 11.9. The second kappa shape index (κ2) is 6.08. The van der Waals surface area contributed by atoms with Crippen LogP contribution >= 0.6 is 0 Å². The zero-order valence-corrected chi connectivity index (χ0v) is 11.6. The number of ether oxygens (including phenoxy) is 1. The van der Waals surface area contributed by atoms with Gasteiger partial charge in [0.2, 0.25) is 5.91 Å². The quantitative estimate of drug-likeness (QED) is 0.867. The molecule has 0 saturated heterocycles. The summed E-state index contributed by atoms with van der Waals surface area (Å²) in [5.41, 5.74) is 5.51. The normalized spacial score (nSPS) is 11.7. The number of aromatic nitrogens is 1. The number of primary amides is 1. The van der Waals surface area contributed by atoms with E-state index < -0.39 is 12.0 Å². The van der Waals surface area contributed by atoms with Crippen molar-refractivity contribution < 1.29 is 18.8 Å². The molecular weight excluding hydrogens is 274 g/mol. The van der Waals surface area contributed by atoms with Crippen LogP contribution in [0.5, 0.6) is 5.75 Å². The van der Waals surface area contributed by atoms with Gasteiger partial charge in [0.05, 0.1) is 0 Å². The van der Waals surface area contributed by atoms with Crippen molar-refractivity contribution in [3.63, 3.8) is 0 Å². The predicted molar refractivity (Wildman–Crippen MR) is 74.9 cm³/mol. The van der Waals surface area contributed by atoms with Crippen molar-refractivity contribution in [1.29, 1.82) is 0 Å². The van der Waals surface area contributed by atoms with Crippen LogP contribution in [0.25, 0.3) is 0 Å². The van der Waals surface area contributed by atoms with E-state index in [1.54, 1.807) is 32.0 Å². The lowest BCUT2D eigenvalue weighted by Crippen LogP contribution is -2.30. The van der Waals surface area contributed by atoms with Crippen molar-refractivity contribution in [2.75, 3.05) is 5.32 Å². The molecule has 0 bridgehead atoms. The van der Waals surface area contributed by atoms with Gasteiger partial charge in [-0.05, 0) is 38.1 Å². The molecule has 2 aromatic rings. The van der Waals surface area contributed by atoms with Crippen LogP contribution in [0.1, 0.15) is 23.0 Å². The second-order valence-corrected chi connectivity index (χ2v) is 4.46. The monoisotopic (exact) mass is 289 g/mol. The lowest BCUT2D eigenvalue weighted by molar-refractivity contribution is -0.122. The highest BCUT2D eigenvalue weighted by Crippen LogP contribution is 2.15. The first-order valence-electron chi connectivity index (χ1n) is 6.26. The van der Waals surface area contributed by atoms with Gasteiger partial charge in [-0.25, -0.2) is 0 Å². The molecule has 0 radical (unpaired) electrons. The molecule has 7 heteroatoms. The number of carbonyl (C=O) groups excluding carboxylic acids is 2. The topological polar surface area (TPSA) is 107 Å². The van der Waals surface area contributed by atoms with Crippen LogP contribution in [0.2, 0.25) is 0 Å². The Morgan fingerprint density at radius 1 is 1.33 bits per heavy atom. The van der Waals surface area contributed by atoms with Crippen molar-refractivity contribution in [3.8, 4) is 5.75 Å². The van der Waals surface area contributed by atoms with Crippen LogP contribution < -0.4 is 15.8 Å². The van der Waals surface area contributed by atoms with Crippen molar-refractivity contribution in [2.24, 2.45) is 5.73 Å². The van der Waals surface area contributed by atoms with Gasteiger partial charge in [-0.3, -0.25) is 9.59 Å². The van der Waals surface area contributed by atoms with Crippen molar-refractivity contribution in [2.45, 2.75) is 20.0 Å². The SMILES string of the molecule is Cc1cc(NC(=O)[C@H](C)Oc2ccc(C(N)=O)cc2)no1. The van der Waals surface area contributed by atoms with E-state index in [2.05, 4.69) is 10.5 Å². The van der Waals surface area contributed by atoms with Crippen LogP contribution in [0.15, 0.2) is 34.9 Å². The molecule has 21 heavy (non-hydrogen) atoms. The number of carbonyl (C=O) groups is 2. The van der Waals surface area contributed by atoms with E-state index in [4.69, 9.17) is 15.0 Å². The molecule has 2 amide bonds. The Morgan fingerprint density at radius 2 is 2.00 bits per heavy atom. The molecule has 0 spiro atoms. The van der Waals surface area contributed by atoms with Gasteiger partial charge in [0.1, 0.15) is 11.5 Å². The van der Waals surface area contributed by atoms with Crippen LogP contribution in [-0.2, 0) is 4.79 Å². The molecule has 0 aliphatic carbocycles. The Balaban J connectivity index is 1.95. The van der Waals surface area contributed by atoms with Crippen molar-refractivity contribution in [3.05, 3.63) is 41.7 Å². The first-order chi connectivity index (χ1) is 9.95. The molecule has 3 N–H and O–H groups in total. The highest BCUT2D eigenvalue weighted by molar-refractivity contribution is 5.93. The number of nitrogens with zero attached hydrogens (tertiary/aromatic N) is 1. The Morgan fingerprint density at radius 3 is 2.52 bits per heavy atom. The first kappa shape index (κ1) is 14.6. The Kier molecular flexibility index (Phi) is 4.22. The molecule has 110 valence electrons. The van der Waals surface area contributed by atoms with E-state index in [0.717, 1.165) is 0 Å². The molecule has 1 aromatic heterocycles. The zero-order valence-electron chi connectivity index (χ0n) is 11.6. The van der Waals surface area contributed by atoms with Gasteiger partial charge in [-0.15, -0.1) is 0 Å². The summed E-state index contributed by atoms with van der Waals surface area (Å²) in [4.78, 5) is 22.9. The predicted octanol–water partition coefficient (Wildman–Crippen LogP) is 1.49. The third-order valence-corrected chi connectivity index (χ3v) is 2.70. The van der Waals surface area contributed by atoms with Crippen LogP contribution in [-0.4, -0.2) is 23.1 Å². The van der Waals surface area contributed by atoms with Gasteiger partial charge >= 0.3 is 0 Å². The average Bonchev–Trinajstić information content (AvgIpc) is 2.84. The minimum atomic E-state index is -0.735. The number of nitrogens with one attached hydrogen (secondary N) is 1. The van der Waals surface area contributed by atoms with E-state index in [1.165, 1.54) is 12.1 Å². The van der Waals surface area contributed by atoms with E-state index in [0.29, 0.717) is 22.9 Å². The number of hydrogen-bond donors (Lipinski definition) is 2. The number of rotatable bonds is 5. The summed E-state index contributed by atoms with van der Waals surface area (Å²) in [6.07, 6.45) is -0.735. The highest BCUT2D eigenvalue weighted by atomic mass is 16.5. The molecule has 1 atom stereocenters. The van der Waals surface area contributed by atoms with Gasteiger partial charge in [0, 0.05) is 11.6 Å². The van der Waals surface area contributed by atoms with Crippen molar-refractivity contribution >= 4 is 17.6 Å². The van der Waals surface area contributed by atoms with Gasteiger partial charge in [-0.2, -0.15) is 0 Å². The third kappa shape index (κ3) is 3.82. The number of benzene rings is 1. The maximum Gasteiger partial charge on any atom is 0.266 e. The van der Waals surface area contributed by atoms with Crippen molar-refractivity contribution in [1.82, 2.24) is 5.16 Å². The van der Waals surface area contributed by atoms with Crippen LogP contribution in [0.4, 0.5) is 5.82 Å². The highest BCUT2D eigenvalue weighted by Gasteiger charge is 2.16. The van der Waals surface area contributed by atoms with E-state index in [9.17, 15) is 9.59 Å². The summed E-state index contributed by atoms with van der Waals surface area (Å²) < 4.78 is 10.3. The number of nitrogens with two attached hydrogens (primary N) is 1. The zero-order chi connectivity index (χ0) is 15.4. The lowest BCUT2D eigenvalue weighted by atomic mass is 10.2. The van der Waals surface area contributed by atoms with E-state index >= 15 is 0 Å². The minimum Gasteiger partial charge on any atom is -0.481 e. The molecule has 0 fully saturated rings. The van der Waals surface area contributed by atoms with Gasteiger partial charge in [0.25, 0.3) is 5.91 Å². The fourth-order valence-electron chi connectivity index (χ4n) is 1.61. The van der Waals surface area contributed by atoms with E-state index in [1.807, 2.05) is 0 Å². The molecule has 0 aliphatic rings. The van der Waals surface area contributed by atoms with Crippen LogP contribution in [0, 0.1) is 6.92 Å². The standard InChI is InChI=1S/C14H15N3O4/c1-8-7-12(17-21-8)16-14(19)9(2)20-11-5-3-10(4-6-11)13(15)18/h3-7,9H,1-2H3,(H2,15,18)(H,16,17,19)/t9-/m0/s1. The fraction of sp³-hybridized carbons (Fsp3) is 0.214. The largest absolute Gasteiger partial charge is 0.481 e. The smallest absolute Gasteiger partial charge is 0.266 e. The molecule has 0 aliphatic heterocycles. The van der Waals surface area contributed by atoms with Gasteiger partial charge in [0.15, 0.2) is 11.9 Å². The van der Waals surface area contributed by atoms with Gasteiger partial charge in [-0.1, -0.05) is 5.16 Å². The molecule has 1 heterocycles. The number of amides is 2. The summed E-state index contributed by atoms with van der Waals surface area (Å²) >= 11 is 0. The fourth-order valence-corrected chi connectivity index (χ4v) is 1.61. The number of aryl methyl sites for hydroxylation is 1. The second-order valence-electron chi connectivity index (χ2n) is 4.46. The summed E-state index contributed by atoms with van der Waals surface area (Å²) in [5, 5.41) is 6.23. The van der Waals surface area contributed by atoms with E-state index in [-0.39, 0.29) is 5.91 Å². The summed E-state index contributed by atoms with van der Waals surface area (Å²) in [5.74, 6) is 0.507. The Bertz CT molecular complexity index is 648. The number of anilines is 1. The summed E-state index contributed by atoms with van der Waals surface area (Å²) in [7, 11) is 0. The maximum absolute atomic E-state index is 11.9. The van der Waals surface area contributed by atoms with Crippen LogP contribution in [0.3, 0.4) is 0 Å². The number of hydrogen-bond acceptors (Lipinski definition) is 5. The first-order valence-corrected chi connectivity index (χ1v) is 6.26. The Labute approximate surface area is 121 Å². The molecule has 7 nitrogen and oxygen atoms in total. The molecule has 0 saturated carbocycles. The molecule has 2 rings (SSSR count). The molecule has 1 aromatic carbocycles. The van der Waals surface area contributed by atoms with Gasteiger partial charge < -0.3 is 20.3 Å². The molecular formula is C14H15N3O4. The summed E-state index contributed by atoms with van der Waals surface area (Å²) in [6.45, 7) is 3.33. The lowest BCUT2D eigenvalue weighted by Gasteiger charge is -2.13. The third-order valence-electron chi connectivity index (χ3n) is 2.70.